The van der Waals surface area contributed by atoms with Gasteiger partial charge in [-0.25, -0.2) is 4.79 Å². The van der Waals surface area contributed by atoms with Crippen LogP contribution in [0.15, 0.2) is 22.1 Å². The van der Waals surface area contributed by atoms with Gasteiger partial charge in [-0.05, 0) is 12.1 Å². The fourth-order valence-corrected chi connectivity index (χ4v) is 1.19. The van der Waals surface area contributed by atoms with Gasteiger partial charge in [-0.3, -0.25) is 0 Å². The van der Waals surface area contributed by atoms with Gasteiger partial charge in [-0.2, -0.15) is 9.98 Å². The zero-order valence-corrected chi connectivity index (χ0v) is 6.67. The molecule has 0 atom stereocenters. The first-order valence-electron chi connectivity index (χ1n) is 3.24. The lowest BCUT2D eigenvalue weighted by atomic mass is 10.3. The molecule has 0 bridgehead atoms. The summed E-state index contributed by atoms with van der Waals surface area (Å²) < 4.78 is 0. The summed E-state index contributed by atoms with van der Waals surface area (Å²) in [4.78, 5) is 17.9. The molecule has 0 saturated heterocycles. The first kappa shape index (κ1) is 7.24. The summed E-state index contributed by atoms with van der Waals surface area (Å²) in [5.74, 6) is 0. The van der Waals surface area contributed by atoms with E-state index in [4.69, 9.17) is 17.3 Å². The Kier molecular flexibility index (Phi) is 1.38. The molecule has 0 aliphatic carbocycles. The van der Waals surface area contributed by atoms with Crippen molar-refractivity contribution < 1.29 is 4.79 Å². The van der Waals surface area contributed by atoms with Gasteiger partial charge in [0.2, 0.25) is 0 Å². The molecule has 4 nitrogen and oxygen atoms in total. The molecule has 0 aromatic heterocycles. The number of benzene rings is 1. The fraction of sp³-hybridized carbons (Fsp3) is 0. The number of rotatable bonds is 0. The molecule has 0 fully saturated rings. The van der Waals surface area contributed by atoms with Gasteiger partial charge in [0.05, 0.1) is 16.1 Å². The van der Waals surface area contributed by atoms with Crippen molar-refractivity contribution in [3.8, 4) is 0 Å². The molecule has 1 aliphatic rings. The van der Waals surface area contributed by atoms with Crippen molar-refractivity contribution in [2.75, 3.05) is 5.73 Å². The third kappa shape index (κ3) is 0.887. The van der Waals surface area contributed by atoms with Crippen molar-refractivity contribution in [1.29, 1.82) is 0 Å². The van der Waals surface area contributed by atoms with Crippen LogP contribution in [-0.2, 0) is 0 Å². The summed E-state index contributed by atoms with van der Waals surface area (Å²) in [6.07, 6.45) is 0. The van der Waals surface area contributed by atoms with Crippen LogP contribution in [0.25, 0.3) is 0 Å². The number of carbonyl (C=O) groups is 1. The minimum Gasteiger partial charge on any atom is -0.397 e. The minimum atomic E-state index is -0.530. The van der Waals surface area contributed by atoms with Gasteiger partial charge in [0.15, 0.2) is 0 Å². The molecule has 60 valence electrons. The molecule has 1 aromatic rings. The summed E-state index contributed by atoms with van der Waals surface area (Å²) >= 11 is 5.77. The number of nitrogens with two attached hydrogens (primary N) is 1. The first-order valence-corrected chi connectivity index (χ1v) is 3.61. The number of hydrogen-bond acceptors (Lipinski definition) is 2. The van der Waals surface area contributed by atoms with E-state index < -0.39 is 6.03 Å². The Morgan fingerprint density at radius 2 is 2.08 bits per heavy atom. The second-order valence-electron chi connectivity index (χ2n) is 2.34. The highest BCUT2D eigenvalue weighted by Gasteiger charge is 2.09. The lowest BCUT2D eigenvalue weighted by Crippen LogP contribution is -2.23. The Labute approximate surface area is 72.4 Å². The summed E-state index contributed by atoms with van der Waals surface area (Å²) in [6.45, 7) is 0. The molecule has 12 heavy (non-hydrogen) atoms. The third-order valence-electron chi connectivity index (χ3n) is 1.55. The van der Waals surface area contributed by atoms with Crippen molar-refractivity contribution in [2.45, 2.75) is 0 Å². The molecule has 1 aromatic carbocycles. The van der Waals surface area contributed by atoms with Gasteiger partial charge in [0.1, 0.15) is 5.36 Å². The zero-order chi connectivity index (χ0) is 8.72. The largest absolute Gasteiger partial charge is 0.397 e. The number of nitrogen functional groups attached to an aromatic ring is 1. The molecule has 1 heterocycles. The Balaban J connectivity index is 2.96. The van der Waals surface area contributed by atoms with E-state index in [1.165, 1.54) is 0 Å². The number of anilines is 1. The zero-order valence-electron chi connectivity index (χ0n) is 5.91. The summed E-state index contributed by atoms with van der Waals surface area (Å²) in [5, 5.41) is 1.16. The Bertz CT molecular complexity index is 480. The normalized spacial score (nSPS) is 13.6. The molecule has 0 unspecified atom stereocenters. The Morgan fingerprint density at radius 3 is 2.83 bits per heavy atom. The van der Waals surface area contributed by atoms with Gasteiger partial charge in [-0.15, -0.1) is 0 Å². The predicted molar refractivity (Wildman–Crippen MR) is 43.6 cm³/mol. The van der Waals surface area contributed by atoms with E-state index in [2.05, 4.69) is 9.98 Å². The van der Waals surface area contributed by atoms with Crippen molar-refractivity contribution in [1.82, 2.24) is 0 Å². The molecule has 2 rings (SSSR count). The number of fused-ring (bicyclic) bond motifs is 1. The molecule has 0 spiro atoms. The highest BCUT2D eigenvalue weighted by molar-refractivity contribution is 6.33. The number of urea groups is 1. The highest BCUT2D eigenvalue weighted by Crippen LogP contribution is 2.10. The van der Waals surface area contributed by atoms with Crippen LogP contribution in [0.3, 0.4) is 0 Å². The van der Waals surface area contributed by atoms with Crippen LogP contribution in [-0.4, -0.2) is 6.03 Å². The SMILES string of the molecule is Nc1ccc2c(c1Cl)=NC(=O)N=2. The average Bonchev–Trinajstić information content (AvgIpc) is 2.39. The van der Waals surface area contributed by atoms with Crippen LogP contribution in [0.1, 0.15) is 0 Å². The molecule has 2 N–H and O–H groups in total. The Morgan fingerprint density at radius 1 is 1.33 bits per heavy atom. The maximum Gasteiger partial charge on any atom is 0.368 e. The quantitative estimate of drug-likeness (QED) is 0.585. The molecule has 1 aliphatic heterocycles. The maximum atomic E-state index is 10.7. The maximum absolute atomic E-state index is 10.7. The number of halogens is 1. The number of nitrogens with zero attached hydrogens (tertiary/aromatic N) is 2. The van der Waals surface area contributed by atoms with Crippen LogP contribution in [0.4, 0.5) is 10.5 Å². The van der Waals surface area contributed by atoms with Crippen LogP contribution in [0.2, 0.25) is 5.02 Å². The lowest BCUT2D eigenvalue weighted by Gasteiger charge is -1.92. The number of hydrogen-bond donors (Lipinski definition) is 1. The van der Waals surface area contributed by atoms with E-state index in [0.29, 0.717) is 21.4 Å². The van der Waals surface area contributed by atoms with Gasteiger partial charge in [0, 0.05) is 0 Å². The topological polar surface area (TPSA) is 67.8 Å². The van der Waals surface area contributed by atoms with Crippen LogP contribution in [0, 0.1) is 0 Å². The van der Waals surface area contributed by atoms with E-state index in [1.807, 2.05) is 0 Å². The number of carbonyl (C=O) groups excluding carboxylic acids is 1. The first-order chi connectivity index (χ1) is 5.68. The molecule has 0 saturated carbocycles. The van der Waals surface area contributed by atoms with Gasteiger partial charge >= 0.3 is 6.03 Å². The molecular formula is C7H4ClN3O. The average molecular weight is 182 g/mol. The second kappa shape index (κ2) is 2.28. The summed E-state index contributed by atoms with van der Waals surface area (Å²) in [5.41, 5.74) is 5.90. The van der Waals surface area contributed by atoms with Crippen molar-refractivity contribution in [3.05, 3.63) is 27.9 Å². The molecule has 2 amide bonds. The van der Waals surface area contributed by atoms with Crippen LogP contribution < -0.4 is 16.4 Å². The third-order valence-corrected chi connectivity index (χ3v) is 1.95. The fourth-order valence-electron chi connectivity index (χ4n) is 0.990. The summed E-state index contributed by atoms with van der Waals surface area (Å²) in [7, 11) is 0. The van der Waals surface area contributed by atoms with E-state index in [1.54, 1.807) is 12.1 Å². The number of amides is 2. The van der Waals surface area contributed by atoms with E-state index in [0.717, 1.165) is 0 Å². The van der Waals surface area contributed by atoms with Gasteiger partial charge in [-0.1, -0.05) is 11.6 Å². The van der Waals surface area contributed by atoms with E-state index in [9.17, 15) is 4.79 Å². The van der Waals surface area contributed by atoms with E-state index in [-0.39, 0.29) is 0 Å². The van der Waals surface area contributed by atoms with Gasteiger partial charge in [0.25, 0.3) is 0 Å². The van der Waals surface area contributed by atoms with Crippen molar-refractivity contribution in [2.24, 2.45) is 9.98 Å². The predicted octanol–water partition coefficient (Wildman–Crippen LogP) is 0.295. The van der Waals surface area contributed by atoms with Gasteiger partial charge < -0.3 is 5.73 Å². The highest BCUT2D eigenvalue weighted by atomic mass is 35.5. The molecule has 5 heteroatoms. The standard InChI is InChI=1S/C7H4ClN3O/c8-5-3(9)1-2-4-6(5)11-7(12)10-4/h1-2H,9H2. The molecular weight excluding hydrogens is 178 g/mol. The van der Waals surface area contributed by atoms with Crippen LogP contribution in [0.5, 0.6) is 0 Å². The lowest BCUT2D eigenvalue weighted by molar-refractivity contribution is 0.256. The van der Waals surface area contributed by atoms with E-state index >= 15 is 0 Å². The van der Waals surface area contributed by atoms with Crippen molar-refractivity contribution >= 4 is 23.3 Å². The minimum absolute atomic E-state index is 0.294. The summed E-state index contributed by atoms with van der Waals surface area (Å²) in [6, 6.07) is 2.68. The smallest absolute Gasteiger partial charge is 0.368 e. The van der Waals surface area contributed by atoms with Crippen molar-refractivity contribution in [3.63, 3.8) is 0 Å². The molecule has 0 radical (unpaired) electrons. The monoisotopic (exact) mass is 181 g/mol. The second-order valence-corrected chi connectivity index (χ2v) is 2.72. The van der Waals surface area contributed by atoms with Crippen LogP contribution >= 0.6 is 11.6 Å². The Hall–Kier alpha value is -1.42.